The lowest BCUT2D eigenvalue weighted by atomic mass is 10.1. The predicted octanol–water partition coefficient (Wildman–Crippen LogP) is 4.00. The maximum absolute atomic E-state index is 12.8. The lowest BCUT2D eigenvalue weighted by molar-refractivity contribution is 0.583. The van der Waals surface area contributed by atoms with Gasteiger partial charge in [0.15, 0.2) is 0 Å². The number of rotatable bonds is 3. The van der Waals surface area contributed by atoms with Gasteiger partial charge in [-0.3, -0.25) is 0 Å². The van der Waals surface area contributed by atoms with Gasteiger partial charge in [-0.2, -0.15) is 0 Å². The van der Waals surface area contributed by atoms with Crippen LogP contribution in [0.1, 0.15) is 18.9 Å². The highest BCUT2D eigenvalue weighted by Crippen LogP contribution is 2.14. The molecule has 0 bridgehead atoms. The van der Waals surface area contributed by atoms with E-state index in [1.165, 1.54) is 12.1 Å². The van der Waals surface area contributed by atoms with E-state index in [9.17, 15) is 8.78 Å². The highest BCUT2D eigenvalue weighted by Gasteiger charge is 1.99. The second-order valence-corrected chi connectivity index (χ2v) is 3.26. The highest BCUT2D eigenvalue weighted by atomic mass is 35.5. The van der Waals surface area contributed by atoms with Crippen LogP contribution in [-0.2, 0) is 0 Å². The van der Waals surface area contributed by atoms with E-state index in [1.54, 1.807) is 6.08 Å². The number of halogens is 3. The summed E-state index contributed by atoms with van der Waals surface area (Å²) in [4.78, 5) is 0. The average Bonchev–Trinajstić information content (AvgIpc) is 2.12. The van der Waals surface area contributed by atoms with Gasteiger partial charge in [0.25, 0.3) is 0 Å². The third-order valence-corrected chi connectivity index (χ3v) is 2.22. The zero-order chi connectivity index (χ0) is 10.6. The van der Waals surface area contributed by atoms with Gasteiger partial charge in [-0.15, -0.1) is 11.6 Å². The fourth-order valence-electron chi connectivity index (χ4n) is 1.13. The fourth-order valence-corrected chi connectivity index (χ4v) is 1.40. The summed E-state index contributed by atoms with van der Waals surface area (Å²) in [7, 11) is 0. The topological polar surface area (TPSA) is 0 Å². The summed E-state index contributed by atoms with van der Waals surface area (Å²) < 4.78 is 25.6. The molecule has 0 saturated heterocycles. The monoisotopic (exact) mass is 216 g/mol. The Morgan fingerprint density at radius 3 is 2.29 bits per heavy atom. The molecule has 3 heteroatoms. The van der Waals surface area contributed by atoms with Gasteiger partial charge in [0.1, 0.15) is 11.6 Å². The standard InChI is InChI=1S/C11H11ClF2/c1-2-8(7-12)3-9-4-10(13)6-11(14)5-9/h3-6H,2,7H2,1H3/b8-3-. The summed E-state index contributed by atoms with van der Waals surface area (Å²) in [5.74, 6) is -0.753. The van der Waals surface area contributed by atoms with Crippen molar-refractivity contribution in [1.82, 2.24) is 0 Å². The minimum absolute atomic E-state index is 0.384. The van der Waals surface area contributed by atoms with Crippen molar-refractivity contribution >= 4 is 17.7 Å². The van der Waals surface area contributed by atoms with Crippen molar-refractivity contribution in [3.8, 4) is 0 Å². The van der Waals surface area contributed by atoms with Gasteiger partial charge in [0, 0.05) is 11.9 Å². The summed E-state index contributed by atoms with van der Waals surface area (Å²) in [6, 6.07) is 3.42. The summed E-state index contributed by atoms with van der Waals surface area (Å²) in [6.45, 7) is 1.95. The first-order valence-corrected chi connectivity index (χ1v) is 4.90. The number of hydrogen-bond acceptors (Lipinski definition) is 0. The van der Waals surface area contributed by atoms with Gasteiger partial charge in [-0.25, -0.2) is 8.78 Å². The molecule has 14 heavy (non-hydrogen) atoms. The Bertz CT molecular complexity index is 319. The number of allylic oxidation sites excluding steroid dienone is 1. The van der Waals surface area contributed by atoms with E-state index in [-0.39, 0.29) is 0 Å². The van der Waals surface area contributed by atoms with Crippen LogP contribution in [0.3, 0.4) is 0 Å². The minimum Gasteiger partial charge on any atom is -0.207 e. The first-order valence-electron chi connectivity index (χ1n) is 4.37. The van der Waals surface area contributed by atoms with Gasteiger partial charge >= 0.3 is 0 Å². The molecule has 1 aromatic rings. The van der Waals surface area contributed by atoms with E-state index < -0.39 is 11.6 Å². The third kappa shape index (κ3) is 3.11. The zero-order valence-corrected chi connectivity index (χ0v) is 8.61. The molecular weight excluding hydrogens is 206 g/mol. The summed E-state index contributed by atoms with van der Waals surface area (Å²) in [5, 5.41) is 0. The minimum atomic E-state index is -0.568. The Hall–Kier alpha value is -0.890. The van der Waals surface area contributed by atoms with E-state index in [4.69, 9.17) is 11.6 Å². The highest BCUT2D eigenvalue weighted by molar-refractivity contribution is 6.19. The molecule has 0 aromatic heterocycles. The molecule has 76 valence electrons. The van der Waals surface area contributed by atoms with E-state index in [0.29, 0.717) is 11.4 Å². The van der Waals surface area contributed by atoms with Gasteiger partial charge in [0.05, 0.1) is 0 Å². The van der Waals surface area contributed by atoms with Crippen molar-refractivity contribution < 1.29 is 8.78 Å². The van der Waals surface area contributed by atoms with Crippen LogP contribution in [-0.4, -0.2) is 5.88 Å². The van der Waals surface area contributed by atoms with Crippen molar-refractivity contribution in [2.75, 3.05) is 5.88 Å². The molecule has 0 heterocycles. The molecule has 0 amide bonds. The third-order valence-electron chi connectivity index (χ3n) is 1.88. The fraction of sp³-hybridized carbons (Fsp3) is 0.273. The van der Waals surface area contributed by atoms with Crippen molar-refractivity contribution in [2.45, 2.75) is 13.3 Å². The molecule has 0 spiro atoms. The molecular formula is C11H11ClF2. The summed E-state index contributed by atoms with van der Waals surface area (Å²) in [5.41, 5.74) is 1.47. The first kappa shape index (κ1) is 11.2. The average molecular weight is 217 g/mol. The molecule has 0 radical (unpaired) electrons. The molecule has 0 aliphatic heterocycles. The van der Waals surface area contributed by atoms with Crippen LogP contribution in [0.15, 0.2) is 23.8 Å². The lowest BCUT2D eigenvalue weighted by Crippen LogP contribution is -1.86. The van der Waals surface area contributed by atoms with Crippen LogP contribution in [0.2, 0.25) is 0 Å². The first-order chi connectivity index (χ1) is 6.65. The lowest BCUT2D eigenvalue weighted by Gasteiger charge is -2.00. The Labute approximate surface area is 87.2 Å². The van der Waals surface area contributed by atoms with Gasteiger partial charge in [-0.1, -0.05) is 18.6 Å². The summed E-state index contributed by atoms with van der Waals surface area (Å²) in [6.07, 6.45) is 2.49. The van der Waals surface area contributed by atoms with Crippen LogP contribution >= 0.6 is 11.6 Å². The van der Waals surface area contributed by atoms with Gasteiger partial charge < -0.3 is 0 Å². The second kappa shape index (κ2) is 5.11. The van der Waals surface area contributed by atoms with Gasteiger partial charge in [-0.05, 0) is 24.1 Å². The van der Waals surface area contributed by atoms with Crippen LogP contribution < -0.4 is 0 Å². The quantitative estimate of drug-likeness (QED) is 0.670. The van der Waals surface area contributed by atoms with Crippen molar-refractivity contribution in [3.63, 3.8) is 0 Å². The predicted molar refractivity (Wildman–Crippen MR) is 55.3 cm³/mol. The molecule has 0 atom stereocenters. The summed E-state index contributed by atoms with van der Waals surface area (Å²) >= 11 is 5.64. The van der Waals surface area contributed by atoms with E-state index in [0.717, 1.165) is 18.1 Å². The van der Waals surface area contributed by atoms with Crippen LogP contribution in [0.4, 0.5) is 8.78 Å². The molecule has 0 N–H and O–H groups in total. The molecule has 1 rings (SSSR count). The Morgan fingerprint density at radius 1 is 1.29 bits per heavy atom. The van der Waals surface area contributed by atoms with E-state index in [1.807, 2.05) is 6.92 Å². The Balaban J connectivity index is 3.01. The van der Waals surface area contributed by atoms with Crippen molar-refractivity contribution in [3.05, 3.63) is 41.0 Å². The zero-order valence-electron chi connectivity index (χ0n) is 7.86. The molecule has 0 aliphatic carbocycles. The normalized spacial score (nSPS) is 11.9. The van der Waals surface area contributed by atoms with Crippen LogP contribution in [0.25, 0.3) is 6.08 Å². The molecule has 0 aliphatic rings. The maximum atomic E-state index is 12.8. The van der Waals surface area contributed by atoms with Crippen molar-refractivity contribution in [2.24, 2.45) is 0 Å². The maximum Gasteiger partial charge on any atom is 0.126 e. The number of hydrogen-bond donors (Lipinski definition) is 0. The molecule has 0 fully saturated rings. The number of alkyl halides is 1. The van der Waals surface area contributed by atoms with E-state index >= 15 is 0 Å². The van der Waals surface area contributed by atoms with E-state index in [2.05, 4.69) is 0 Å². The smallest absolute Gasteiger partial charge is 0.126 e. The molecule has 0 nitrogen and oxygen atoms in total. The Kier molecular flexibility index (Phi) is 4.08. The van der Waals surface area contributed by atoms with Gasteiger partial charge in [0.2, 0.25) is 0 Å². The van der Waals surface area contributed by atoms with Crippen LogP contribution in [0.5, 0.6) is 0 Å². The second-order valence-electron chi connectivity index (χ2n) is 2.99. The van der Waals surface area contributed by atoms with Crippen LogP contribution in [0, 0.1) is 11.6 Å². The molecule has 0 saturated carbocycles. The number of benzene rings is 1. The molecule has 1 aromatic carbocycles. The largest absolute Gasteiger partial charge is 0.207 e. The molecule has 0 unspecified atom stereocenters. The Morgan fingerprint density at radius 2 is 1.86 bits per heavy atom. The van der Waals surface area contributed by atoms with Crippen molar-refractivity contribution in [1.29, 1.82) is 0 Å². The SMILES string of the molecule is CC/C(=C/c1cc(F)cc(F)c1)CCl.